The van der Waals surface area contributed by atoms with Crippen LogP contribution in [0.25, 0.3) is 0 Å². The predicted molar refractivity (Wildman–Crippen MR) is 88.3 cm³/mol. The summed E-state index contributed by atoms with van der Waals surface area (Å²) in [5, 5.41) is 21.0. The number of fused-ring (bicyclic) bond motifs is 5. The fourth-order valence-corrected chi connectivity index (χ4v) is 6.89. The van der Waals surface area contributed by atoms with Gasteiger partial charge < -0.3 is 10.2 Å². The first-order valence-electron chi connectivity index (χ1n) is 9.38. The van der Waals surface area contributed by atoms with Crippen molar-refractivity contribution >= 4 is 0 Å². The smallest absolute Gasteiger partial charge is 0.0675 e. The van der Waals surface area contributed by atoms with E-state index < -0.39 is 5.60 Å². The summed E-state index contributed by atoms with van der Waals surface area (Å²) in [5.41, 5.74) is 1.50. The van der Waals surface area contributed by atoms with Crippen LogP contribution in [0.3, 0.4) is 0 Å². The van der Waals surface area contributed by atoms with Gasteiger partial charge >= 0.3 is 0 Å². The number of allylic oxidation sites excluding steroid dienone is 1. The standard InChI is InChI=1S/C20H32O2/c1-18-9-6-14(21)12-13(18)4-5-15-16(18)7-10-19(2)17(15)8-11-20(19,3)22/h4,14-17,21-22H,5-12H2,1-3H3/t14?,15?,16?,17?,18?,19?,20-/m1/s1. The Morgan fingerprint density at radius 3 is 2.50 bits per heavy atom. The molecule has 22 heavy (non-hydrogen) atoms. The highest BCUT2D eigenvalue weighted by atomic mass is 16.3. The van der Waals surface area contributed by atoms with Gasteiger partial charge in [0.25, 0.3) is 0 Å². The highest BCUT2D eigenvalue weighted by molar-refractivity contribution is 5.26. The van der Waals surface area contributed by atoms with Crippen molar-refractivity contribution in [1.82, 2.24) is 0 Å². The summed E-state index contributed by atoms with van der Waals surface area (Å²) in [4.78, 5) is 0. The molecule has 4 aliphatic carbocycles. The number of hydrogen-bond acceptors (Lipinski definition) is 2. The molecule has 4 aliphatic rings. The highest BCUT2D eigenvalue weighted by Crippen LogP contribution is 2.66. The summed E-state index contributed by atoms with van der Waals surface area (Å²) in [5.74, 6) is 2.20. The van der Waals surface area contributed by atoms with Gasteiger partial charge in [-0.05, 0) is 86.9 Å². The molecule has 0 aliphatic heterocycles. The molecule has 0 spiro atoms. The molecule has 0 aromatic rings. The molecule has 0 aromatic heterocycles. The van der Waals surface area contributed by atoms with Crippen molar-refractivity contribution in [2.45, 2.75) is 83.8 Å². The Bertz CT molecular complexity index is 508. The van der Waals surface area contributed by atoms with Crippen LogP contribution in [-0.2, 0) is 0 Å². The lowest BCUT2D eigenvalue weighted by molar-refractivity contribution is -0.115. The van der Waals surface area contributed by atoms with Crippen LogP contribution in [0.4, 0.5) is 0 Å². The van der Waals surface area contributed by atoms with Crippen LogP contribution in [0.15, 0.2) is 11.6 Å². The lowest BCUT2D eigenvalue weighted by atomic mass is 9.47. The summed E-state index contributed by atoms with van der Waals surface area (Å²) in [7, 11) is 0. The maximum atomic E-state index is 10.9. The number of aliphatic hydroxyl groups is 2. The van der Waals surface area contributed by atoms with Gasteiger partial charge in [0.1, 0.15) is 0 Å². The summed E-state index contributed by atoms with van der Waals surface area (Å²) in [6, 6.07) is 0. The fraction of sp³-hybridized carbons (Fsp3) is 0.900. The van der Waals surface area contributed by atoms with E-state index in [1.54, 1.807) is 5.57 Å². The Morgan fingerprint density at radius 2 is 1.73 bits per heavy atom. The second kappa shape index (κ2) is 4.60. The molecule has 124 valence electrons. The highest BCUT2D eigenvalue weighted by Gasteiger charge is 2.61. The Balaban J connectivity index is 1.69. The number of aliphatic hydroxyl groups excluding tert-OH is 1. The van der Waals surface area contributed by atoms with Crippen LogP contribution in [0.2, 0.25) is 0 Å². The summed E-state index contributed by atoms with van der Waals surface area (Å²) >= 11 is 0. The Kier molecular flexibility index (Phi) is 3.18. The van der Waals surface area contributed by atoms with Crippen molar-refractivity contribution in [1.29, 1.82) is 0 Å². The predicted octanol–water partition coefficient (Wildman–Crippen LogP) is 4.06. The zero-order valence-corrected chi connectivity index (χ0v) is 14.4. The van der Waals surface area contributed by atoms with E-state index in [0.29, 0.717) is 11.3 Å². The molecule has 2 nitrogen and oxygen atoms in total. The molecule has 0 heterocycles. The summed E-state index contributed by atoms with van der Waals surface area (Å²) < 4.78 is 0. The van der Waals surface area contributed by atoms with Gasteiger partial charge in [-0.2, -0.15) is 0 Å². The van der Waals surface area contributed by atoms with Crippen molar-refractivity contribution in [3.8, 4) is 0 Å². The number of hydrogen-bond donors (Lipinski definition) is 2. The van der Waals surface area contributed by atoms with Gasteiger partial charge in [0.05, 0.1) is 11.7 Å². The molecule has 0 amide bonds. The first-order valence-corrected chi connectivity index (χ1v) is 9.38. The van der Waals surface area contributed by atoms with Gasteiger partial charge in [-0.25, -0.2) is 0 Å². The van der Waals surface area contributed by atoms with E-state index in [0.717, 1.165) is 37.5 Å². The van der Waals surface area contributed by atoms with Crippen LogP contribution in [0.5, 0.6) is 0 Å². The first-order chi connectivity index (χ1) is 10.3. The van der Waals surface area contributed by atoms with Crippen molar-refractivity contribution in [2.75, 3.05) is 0 Å². The van der Waals surface area contributed by atoms with E-state index in [2.05, 4.69) is 26.8 Å². The molecule has 0 saturated heterocycles. The van der Waals surface area contributed by atoms with Crippen LogP contribution in [-0.4, -0.2) is 21.9 Å². The molecule has 0 aromatic carbocycles. The van der Waals surface area contributed by atoms with Crippen molar-refractivity contribution in [2.24, 2.45) is 28.6 Å². The minimum Gasteiger partial charge on any atom is -0.393 e. The molecule has 4 rings (SSSR count). The summed E-state index contributed by atoms with van der Waals surface area (Å²) in [6.07, 6.45) is 11.2. The van der Waals surface area contributed by atoms with E-state index in [1.165, 1.54) is 25.7 Å². The van der Waals surface area contributed by atoms with E-state index in [4.69, 9.17) is 0 Å². The third-order valence-corrected chi connectivity index (χ3v) is 8.64. The van der Waals surface area contributed by atoms with E-state index in [-0.39, 0.29) is 11.5 Å². The lowest BCUT2D eigenvalue weighted by Crippen LogP contribution is -2.53. The van der Waals surface area contributed by atoms with Crippen LogP contribution in [0.1, 0.15) is 72.1 Å². The van der Waals surface area contributed by atoms with Gasteiger partial charge in [-0.15, -0.1) is 0 Å². The second-order valence-electron chi connectivity index (χ2n) is 9.42. The van der Waals surface area contributed by atoms with E-state index in [1.807, 2.05) is 0 Å². The maximum absolute atomic E-state index is 10.9. The monoisotopic (exact) mass is 304 g/mol. The lowest BCUT2D eigenvalue weighted by Gasteiger charge is -2.58. The van der Waals surface area contributed by atoms with Gasteiger partial charge in [-0.3, -0.25) is 0 Å². The SMILES string of the molecule is CC12CCC(O)CC1=CCC1C2CCC2(C)C1CC[C@@]2(C)O. The zero-order valence-electron chi connectivity index (χ0n) is 14.4. The van der Waals surface area contributed by atoms with Crippen molar-refractivity contribution in [3.05, 3.63) is 11.6 Å². The van der Waals surface area contributed by atoms with Gasteiger partial charge in [0.2, 0.25) is 0 Å². The molecule has 0 radical (unpaired) electrons. The normalized spacial score (nSPS) is 57.6. The van der Waals surface area contributed by atoms with Crippen LogP contribution in [0, 0.1) is 28.6 Å². The second-order valence-corrected chi connectivity index (χ2v) is 9.42. The van der Waals surface area contributed by atoms with Gasteiger partial charge in [0.15, 0.2) is 0 Å². The largest absolute Gasteiger partial charge is 0.393 e. The zero-order chi connectivity index (χ0) is 15.8. The van der Waals surface area contributed by atoms with Gasteiger partial charge in [0, 0.05) is 0 Å². The fourth-order valence-electron chi connectivity index (χ4n) is 6.89. The molecule has 6 unspecified atom stereocenters. The van der Waals surface area contributed by atoms with E-state index in [9.17, 15) is 10.2 Å². The average molecular weight is 304 g/mol. The Labute approximate surface area is 135 Å². The van der Waals surface area contributed by atoms with Crippen molar-refractivity contribution in [3.63, 3.8) is 0 Å². The minimum atomic E-state index is -0.476. The van der Waals surface area contributed by atoms with E-state index >= 15 is 0 Å². The average Bonchev–Trinajstić information content (AvgIpc) is 2.70. The third-order valence-electron chi connectivity index (χ3n) is 8.64. The molecule has 3 saturated carbocycles. The Hall–Kier alpha value is -0.340. The topological polar surface area (TPSA) is 40.5 Å². The molecular formula is C20H32O2. The minimum absolute atomic E-state index is 0.114. The van der Waals surface area contributed by atoms with Crippen molar-refractivity contribution < 1.29 is 10.2 Å². The molecule has 2 heteroatoms. The quantitative estimate of drug-likeness (QED) is 0.663. The summed E-state index contributed by atoms with van der Waals surface area (Å²) in [6.45, 7) is 6.90. The third kappa shape index (κ3) is 1.80. The molecule has 3 fully saturated rings. The van der Waals surface area contributed by atoms with Crippen LogP contribution >= 0.6 is 0 Å². The Morgan fingerprint density at radius 1 is 1.00 bits per heavy atom. The molecular weight excluding hydrogens is 272 g/mol. The first kappa shape index (κ1) is 15.2. The molecule has 0 bridgehead atoms. The van der Waals surface area contributed by atoms with Crippen LogP contribution < -0.4 is 0 Å². The molecule has 7 atom stereocenters. The number of rotatable bonds is 0. The maximum Gasteiger partial charge on any atom is 0.0675 e. The van der Waals surface area contributed by atoms with Gasteiger partial charge in [-0.1, -0.05) is 25.5 Å². The molecule has 2 N–H and O–H groups in total.